The van der Waals surface area contributed by atoms with Crippen LogP contribution in [-0.4, -0.2) is 27.5 Å². The molecule has 0 amide bonds. The Labute approximate surface area is 119 Å². The van der Waals surface area contributed by atoms with Crippen LogP contribution in [-0.2, 0) is 0 Å². The smallest absolute Gasteiger partial charge is 0.177 e. The number of aliphatic imine (C=N–C) groups is 1. The van der Waals surface area contributed by atoms with Crippen LogP contribution in [0.1, 0.15) is 18.4 Å². The minimum atomic E-state index is 0.466. The molecule has 1 aliphatic heterocycles. The molecule has 3 rings (SSSR count). The van der Waals surface area contributed by atoms with E-state index in [2.05, 4.69) is 31.4 Å². The van der Waals surface area contributed by atoms with Crippen LogP contribution in [0, 0.1) is 0 Å². The number of hydrazone groups is 1. The Balaban J connectivity index is 1.57. The minimum absolute atomic E-state index is 0.466. The number of hydrogen-bond acceptors (Lipinski definition) is 4. The van der Waals surface area contributed by atoms with Gasteiger partial charge in [-0.2, -0.15) is 5.10 Å². The lowest BCUT2D eigenvalue weighted by Crippen LogP contribution is -2.17. The maximum absolute atomic E-state index is 4.66. The van der Waals surface area contributed by atoms with Gasteiger partial charge in [0.05, 0.1) is 12.3 Å². The summed E-state index contributed by atoms with van der Waals surface area (Å²) >= 11 is 5.52. The third-order valence-electron chi connectivity index (χ3n) is 3.18. The highest BCUT2D eigenvalue weighted by Crippen LogP contribution is 2.41. The van der Waals surface area contributed by atoms with E-state index in [1.54, 1.807) is 11.8 Å². The summed E-state index contributed by atoms with van der Waals surface area (Å²) in [5, 5.41) is 5.76. The number of fused-ring (bicyclic) bond motifs is 1. The third-order valence-corrected chi connectivity index (χ3v) is 5.89. The maximum atomic E-state index is 4.66. The second kappa shape index (κ2) is 5.45. The van der Waals surface area contributed by atoms with Crippen molar-refractivity contribution < 1.29 is 0 Å². The van der Waals surface area contributed by atoms with E-state index in [4.69, 9.17) is 0 Å². The van der Waals surface area contributed by atoms with Crippen LogP contribution in [0.15, 0.2) is 40.4 Å². The van der Waals surface area contributed by atoms with Gasteiger partial charge in [-0.05, 0) is 18.4 Å². The fourth-order valence-electron chi connectivity index (χ4n) is 2.26. The van der Waals surface area contributed by atoms with Crippen molar-refractivity contribution >= 4 is 39.1 Å². The zero-order chi connectivity index (χ0) is 12.4. The van der Waals surface area contributed by atoms with E-state index in [1.807, 2.05) is 36.5 Å². The molecule has 1 aliphatic carbocycles. The van der Waals surface area contributed by atoms with Gasteiger partial charge in [0.25, 0.3) is 0 Å². The number of nitrogens with one attached hydrogen (secondary N) is 1. The minimum Gasteiger partial charge on any atom is -0.257 e. The molecular formula is C13H14BrN3S. The van der Waals surface area contributed by atoms with Crippen LogP contribution in [0.2, 0.25) is 0 Å². The lowest BCUT2D eigenvalue weighted by Gasteiger charge is -2.09. The van der Waals surface area contributed by atoms with Gasteiger partial charge in [-0.25, -0.2) is 0 Å². The molecule has 0 aromatic heterocycles. The molecule has 1 saturated carbocycles. The molecular weight excluding hydrogens is 310 g/mol. The Morgan fingerprint density at radius 1 is 1.33 bits per heavy atom. The summed E-state index contributed by atoms with van der Waals surface area (Å²) in [5.74, 6) is 0. The van der Waals surface area contributed by atoms with E-state index in [9.17, 15) is 0 Å². The molecule has 0 saturated heterocycles. The molecule has 1 fully saturated rings. The molecule has 3 atom stereocenters. The molecule has 0 radical (unpaired) electrons. The van der Waals surface area contributed by atoms with E-state index >= 15 is 0 Å². The third kappa shape index (κ3) is 2.62. The second-order valence-corrected chi connectivity index (χ2v) is 6.80. The molecule has 0 bridgehead atoms. The summed E-state index contributed by atoms with van der Waals surface area (Å²) < 4.78 is 0. The maximum Gasteiger partial charge on any atom is 0.177 e. The van der Waals surface area contributed by atoms with E-state index in [0.717, 1.165) is 10.7 Å². The van der Waals surface area contributed by atoms with Gasteiger partial charge < -0.3 is 0 Å². The van der Waals surface area contributed by atoms with Gasteiger partial charge in [0.2, 0.25) is 0 Å². The zero-order valence-electron chi connectivity index (χ0n) is 9.79. The van der Waals surface area contributed by atoms with Gasteiger partial charge in [-0.1, -0.05) is 58.0 Å². The Hall–Kier alpha value is -0.810. The molecule has 3 unspecified atom stereocenters. The largest absolute Gasteiger partial charge is 0.257 e. The van der Waals surface area contributed by atoms with Gasteiger partial charge in [0.15, 0.2) is 5.17 Å². The topological polar surface area (TPSA) is 36.8 Å². The Bertz CT molecular complexity index is 474. The van der Waals surface area contributed by atoms with Crippen molar-refractivity contribution in [1.82, 2.24) is 5.43 Å². The molecule has 1 N–H and O–H groups in total. The molecule has 2 aliphatic rings. The van der Waals surface area contributed by atoms with Gasteiger partial charge in [-0.3, -0.25) is 10.4 Å². The van der Waals surface area contributed by atoms with Crippen molar-refractivity contribution in [3.05, 3.63) is 35.9 Å². The van der Waals surface area contributed by atoms with E-state index in [-0.39, 0.29) is 0 Å². The Kier molecular flexibility index (Phi) is 3.70. The Morgan fingerprint density at radius 3 is 2.94 bits per heavy atom. The normalized spacial score (nSPS) is 30.5. The zero-order valence-corrected chi connectivity index (χ0v) is 12.2. The van der Waals surface area contributed by atoms with Crippen LogP contribution in [0.3, 0.4) is 0 Å². The van der Waals surface area contributed by atoms with Crippen molar-refractivity contribution in [2.45, 2.75) is 29.0 Å². The molecule has 94 valence electrons. The van der Waals surface area contributed by atoms with Crippen molar-refractivity contribution in [3.8, 4) is 0 Å². The van der Waals surface area contributed by atoms with E-state index < -0.39 is 0 Å². The highest BCUT2D eigenvalue weighted by molar-refractivity contribution is 9.09. The van der Waals surface area contributed by atoms with Crippen LogP contribution < -0.4 is 5.43 Å². The molecule has 0 spiro atoms. The number of benzene rings is 1. The van der Waals surface area contributed by atoms with Crippen LogP contribution in [0.4, 0.5) is 0 Å². The predicted molar refractivity (Wildman–Crippen MR) is 81.7 cm³/mol. The van der Waals surface area contributed by atoms with E-state index in [1.165, 1.54) is 12.8 Å². The summed E-state index contributed by atoms with van der Waals surface area (Å²) in [6.45, 7) is 0. The lowest BCUT2D eigenvalue weighted by atomic mass is 10.2. The van der Waals surface area contributed by atoms with Crippen molar-refractivity contribution in [2.75, 3.05) is 0 Å². The summed E-state index contributed by atoms with van der Waals surface area (Å²) in [4.78, 5) is 5.25. The lowest BCUT2D eigenvalue weighted by molar-refractivity contribution is 0.729. The van der Waals surface area contributed by atoms with Crippen molar-refractivity contribution in [3.63, 3.8) is 0 Å². The molecule has 1 heterocycles. The number of halogens is 1. The van der Waals surface area contributed by atoms with Crippen LogP contribution in [0.5, 0.6) is 0 Å². The van der Waals surface area contributed by atoms with Gasteiger partial charge in [-0.15, -0.1) is 0 Å². The van der Waals surface area contributed by atoms with Crippen molar-refractivity contribution in [1.29, 1.82) is 0 Å². The average molecular weight is 324 g/mol. The SMILES string of the molecule is BrC1CCC2N=C(NN=Cc3ccccc3)SC12. The molecule has 3 nitrogen and oxygen atoms in total. The van der Waals surface area contributed by atoms with Gasteiger partial charge >= 0.3 is 0 Å². The number of amidine groups is 1. The number of alkyl halides is 1. The predicted octanol–water partition coefficient (Wildman–Crippen LogP) is 3.01. The monoisotopic (exact) mass is 323 g/mol. The highest BCUT2D eigenvalue weighted by atomic mass is 79.9. The first-order valence-electron chi connectivity index (χ1n) is 6.05. The van der Waals surface area contributed by atoms with Gasteiger partial charge in [0.1, 0.15) is 0 Å². The molecule has 18 heavy (non-hydrogen) atoms. The first-order valence-corrected chi connectivity index (χ1v) is 7.85. The fourth-order valence-corrected chi connectivity index (χ4v) is 4.39. The molecule has 5 heteroatoms. The summed E-state index contributed by atoms with van der Waals surface area (Å²) in [6, 6.07) is 10.5. The van der Waals surface area contributed by atoms with Crippen molar-refractivity contribution in [2.24, 2.45) is 10.1 Å². The van der Waals surface area contributed by atoms with Crippen LogP contribution in [0.25, 0.3) is 0 Å². The second-order valence-electron chi connectivity index (χ2n) is 4.46. The number of thioether (sulfide) groups is 1. The molecule has 1 aromatic rings. The van der Waals surface area contributed by atoms with E-state index in [0.29, 0.717) is 16.1 Å². The highest BCUT2D eigenvalue weighted by Gasteiger charge is 2.40. The van der Waals surface area contributed by atoms with Gasteiger partial charge in [0, 0.05) is 10.1 Å². The summed E-state index contributed by atoms with van der Waals surface area (Å²) in [6.07, 6.45) is 4.23. The van der Waals surface area contributed by atoms with Crippen LogP contribution >= 0.6 is 27.7 Å². The number of hydrogen-bond donors (Lipinski definition) is 1. The summed E-state index contributed by atoms with van der Waals surface area (Å²) in [7, 11) is 0. The quantitative estimate of drug-likeness (QED) is 0.516. The Morgan fingerprint density at radius 2 is 2.17 bits per heavy atom. The fraction of sp³-hybridized carbons (Fsp3) is 0.385. The first kappa shape index (κ1) is 12.2. The average Bonchev–Trinajstić information content (AvgIpc) is 2.94. The number of nitrogens with zero attached hydrogens (tertiary/aromatic N) is 2. The summed E-state index contributed by atoms with van der Waals surface area (Å²) in [5.41, 5.74) is 4.13. The first-order chi connectivity index (χ1) is 8.83. The number of rotatable bonds is 2. The standard InChI is InChI=1S/C13H14BrN3S/c14-10-6-7-11-12(10)18-13(16-11)17-15-8-9-4-2-1-3-5-9/h1-5,8,10-12H,6-7H2,(H,16,17). The molecule has 1 aromatic carbocycles.